The van der Waals surface area contributed by atoms with Crippen LogP contribution >= 0.6 is 11.3 Å². The van der Waals surface area contributed by atoms with E-state index in [2.05, 4.69) is 41.2 Å². The molecule has 4 atom stereocenters. The first kappa shape index (κ1) is 14.5. The van der Waals surface area contributed by atoms with Crippen LogP contribution in [0.3, 0.4) is 0 Å². The third kappa shape index (κ3) is 2.80. The molecule has 0 amide bonds. The first-order valence-corrected chi connectivity index (χ1v) is 8.83. The van der Waals surface area contributed by atoms with Crippen LogP contribution < -0.4 is 5.73 Å². The quantitative estimate of drug-likeness (QED) is 0.930. The Labute approximate surface area is 126 Å². The molecule has 20 heavy (non-hydrogen) atoms. The van der Waals surface area contributed by atoms with Crippen molar-refractivity contribution in [3.8, 4) is 0 Å². The third-order valence-corrected chi connectivity index (χ3v) is 5.87. The second-order valence-electron chi connectivity index (χ2n) is 6.51. The van der Waals surface area contributed by atoms with E-state index < -0.39 is 0 Å². The molecule has 2 aliphatic heterocycles. The Morgan fingerprint density at radius 3 is 2.90 bits per heavy atom. The second kappa shape index (κ2) is 6.14. The molecule has 2 N–H and O–H groups in total. The monoisotopic (exact) mass is 293 g/mol. The molecule has 112 valence electrons. The molecule has 3 rings (SSSR count). The number of hydrogen-bond acceptors (Lipinski definition) is 4. The summed E-state index contributed by atoms with van der Waals surface area (Å²) in [5.74, 6) is 0. The van der Waals surface area contributed by atoms with E-state index in [-0.39, 0.29) is 6.04 Å². The van der Waals surface area contributed by atoms with Gasteiger partial charge in [0.1, 0.15) is 0 Å². The Kier molecular flexibility index (Phi) is 4.46. The maximum atomic E-state index is 6.34. The van der Waals surface area contributed by atoms with E-state index in [1.165, 1.54) is 43.8 Å². The summed E-state index contributed by atoms with van der Waals surface area (Å²) in [6.07, 6.45) is 4.13. The minimum Gasteiger partial charge on any atom is -0.326 e. The van der Waals surface area contributed by atoms with Crippen LogP contribution in [0.5, 0.6) is 0 Å². The lowest BCUT2D eigenvalue weighted by molar-refractivity contribution is -0.0123. The molecular weight excluding hydrogens is 266 g/mol. The molecular formula is C16H27N3S. The van der Waals surface area contributed by atoms with Gasteiger partial charge in [0.05, 0.1) is 6.04 Å². The van der Waals surface area contributed by atoms with Gasteiger partial charge < -0.3 is 5.73 Å². The summed E-state index contributed by atoms with van der Waals surface area (Å²) in [6, 6.07) is 6.32. The lowest BCUT2D eigenvalue weighted by Gasteiger charge is -2.50. The molecule has 2 aliphatic rings. The fraction of sp³-hybridized carbons (Fsp3) is 0.750. The van der Waals surface area contributed by atoms with Gasteiger partial charge in [-0.05, 0) is 44.7 Å². The number of hydrogen-bond donors (Lipinski definition) is 1. The summed E-state index contributed by atoms with van der Waals surface area (Å²) in [4.78, 5) is 6.80. The Morgan fingerprint density at radius 1 is 1.35 bits per heavy atom. The Morgan fingerprint density at radius 2 is 2.20 bits per heavy atom. The molecule has 2 fully saturated rings. The van der Waals surface area contributed by atoms with E-state index in [1.54, 1.807) is 0 Å². The fourth-order valence-electron chi connectivity index (χ4n) is 3.95. The van der Waals surface area contributed by atoms with Crippen LogP contribution in [0.4, 0.5) is 0 Å². The standard InChI is InChI=1S/C16H27N3S/c1-12-10-18-8-4-3-6-14(18)11-19(12)16(13(2)17)15-7-5-9-20-15/h5,7,9,12-14,16H,3-4,6,8,10-11,17H2,1-2H3. The largest absolute Gasteiger partial charge is 0.326 e. The lowest BCUT2D eigenvalue weighted by Crippen LogP contribution is -2.60. The molecule has 0 aliphatic carbocycles. The Balaban J connectivity index is 1.80. The minimum absolute atomic E-state index is 0.186. The molecule has 1 aromatic heterocycles. The van der Waals surface area contributed by atoms with Gasteiger partial charge in [-0.15, -0.1) is 11.3 Å². The molecule has 4 heteroatoms. The van der Waals surface area contributed by atoms with Crippen molar-refractivity contribution in [1.82, 2.24) is 9.80 Å². The van der Waals surface area contributed by atoms with E-state index in [0.29, 0.717) is 12.1 Å². The van der Waals surface area contributed by atoms with Crippen molar-refractivity contribution in [2.45, 2.75) is 57.3 Å². The SMILES string of the molecule is CC(N)C(c1cccs1)N1CC2CCCCN2CC1C. The Bertz CT molecular complexity index is 417. The van der Waals surface area contributed by atoms with Crippen LogP contribution in [0.25, 0.3) is 0 Å². The number of thiophene rings is 1. The average molecular weight is 293 g/mol. The number of fused-ring (bicyclic) bond motifs is 1. The molecule has 4 unspecified atom stereocenters. The number of piperazine rings is 1. The minimum atomic E-state index is 0.186. The van der Waals surface area contributed by atoms with Crippen LogP contribution in [-0.4, -0.2) is 47.6 Å². The van der Waals surface area contributed by atoms with Gasteiger partial charge in [0.25, 0.3) is 0 Å². The first-order chi connectivity index (χ1) is 9.66. The molecule has 0 spiro atoms. The van der Waals surface area contributed by atoms with E-state index in [9.17, 15) is 0 Å². The zero-order chi connectivity index (χ0) is 14.1. The summed E-state index contributed by atoms with van der Waals surface area (Å²) in [5.41, 5.74) is 6.34. The fourth-order valence-corrected chi connectivity index (χ4v) is 4.91. The van der Waals surface area contributed by atoms with Crippen molar-refractivity contribution >= 4 is 11.3 Å². The van der Waals surface area contributed by atoms with Crippen molar-refractivity contribution in [1.29, 1.82) is 0 Å². The highest BCUT2D eigenvalue weighted by Crippen LogP contribution is 2.34. The lowest BCUT2D eigenvalue weighted by atomic mass is 9.94. The predicted molar refractivity (Wildman–Crippen MR) is 86.1 cm³/mol. The highest BCUT2D eigenvalue weighted by Gasteiger charge is 2.37. The van der Waals surface area contributed by atoms with Crippen molar-refractivity contribution in [3.63, 3.8) is 0 Å². The Hall–Kier alpha value is -0.420. The van der Waals surface area contributed by atoms with Gasteiger partial charge in [0.15, 0.2) is 0 Å². The summed E-state index contributed by atoms with van der Waals surface area (Å²) in [5, 5.41) is 2.17. The van der Waals surface area contributed by atoms with Crippen molar-refractivity contribution in [2.24, 2.45) is 5.73 Å². The summed E-state index contributed by atoms with van der Waals surface area (Å²) >= 11 is 1.85. The number of piperidine rings is 1. The van der Waals surface area contributed by atoms with Crippen LogP contribution in [0.2, 0.25) is 0 Å². The van der Waals surface area contributed by atoms with Gasteiger partial charge in [-0.3, -0.25) is 9.80 Å². The molecule has 0 saturated carbocycles. The molecule has 0 radical (unpaired) electrons. The highest BCUT2D eigenvalue weighted by atomic mass is 32.1. The smallest absolute Gasteiger partial charge is 0.0594 e. The normalized spacial score (nSPS) is 31.8. The van der Waals surface area contributed by atoms with Gasteiger partial charge in [-0.25, -0.2) is 0 Å². The van der Waals surface area contributed by atoms with Crippen LogP contribution in [0.15, 0.2) is 17.5 Å². The van der Waals surface area contributed by atoms with Crippen molar-refractivity contribution in [2.75, 3.05) is 19.6 Å². The first-order valence-electron chi connectivity index (χ1n) is 7.95. The number of nitrogens with zero attached hydrogens (tertiary/aromatic N) is 2. The number of nitrogens with two attached hydrogens (primary N) is 1. The van der Waals surface area contributed by atoms with Gasteiger partial charge in [0, 0.05) is 36.1 Å². The predicted octanol–water partition coefficient (Wildman–Crippen LogP) is 2.70. The molecule has 3 heterocycles. The zero-order valence-electron chi connectivity index (χ0n) is 12.7. The molecule has 1 aromatic rings. The van der Waals surface area contributed by atoms with E-state index >= 15 is 0 Å². The maximum absolute atomic E-state index is 6.34. The van der Waals surface area contributed by atoms with E-state index in [4.69, 9.17) is 5.73 Å². The van der Waals surface area contributed by atoms with Gasteiger partial charge in [-0.1, -0.05) is 12.5 Å². The van der Waals surface area contributed by atoms with Gasteiger partial charge in [-0.2, -0.15) is 0 Å². The highest BCUT2D eigenvalue weighted by molar-refractivity contribution is 7.10. The maximum Gasteiger partial charge on any atom is 0.0594 e. The average Bonchev–Trinajstić information content (AvgIpc) is 2.93. The molecule has 0 bridgehead atoms. The summed E-state index contributed by atoms with van der Waals surface area (Å²) in [6.45, 7) is 8.22. The summed E-state index contributed by atoms with van der Waals surface area (Å²) < 4.78 is 0. The van der Waals surface area contributed by atoms with Crippen LogP contribution in [-0.2, 0) is 0 Å². The van der Waals surface area contributed by atoms with Crippen molar-refractivity contribution in [3.05, 3.63) is 22.4 Å². The van der Waals surface area contributed by atoms with E-state index in [1.807, 2.05) is 11.3 Å². The topological polar surface area (TPSA) is 32.5 Å². The third-order valence-electron chi connectivity index (χ3n) is 4.93. The van der Waals surface area contributed by atoms with E-state index in [0.717, 1.165) is 6.04 Å². The number of rotatable bonds is 3. The second-order valence-corrected chi connectivity index (χ2v) is 7.49. The zero-order valence-corrected chi connectivity index (χ0v) is 13.5. The molecule has 2 saturated heterocycles. The van der Waals surface area contributed by atoms with Crippen LogP contribution in [0.1, 0.15) is 44.0 Å². The van der Waals surface area contributed by atoms with Gasteiger partial charge in [0.2, 0.25) is 0 Å². The molecule has 3 nitrogen and oxygen atoms in total. The van der Waals surface area contributed by atoms with Crippen LogP contribution in [0, 0.1) is 0 Å². The van der Waals surface area contributed by atoms with Gasteiger partial charge >= 0.3 is 0 Å². The van der Waals surface area contributed by atoms with Crippen molar-refractivity contribution < 1.29 is 0 Å². The summed E-state index contributed by atoms with van der Waals surface area (Å²) in [7, 11) is 0. The molecule has 0 aromatic carbocycles.